The predicted octanol–water partition coefficient (Wildman–Crippen LogP) is 3.51. The van der Waals surface area contributed by atoms with Crippen LogP contribution in [0.1, 0.15) is 16.3 Å². The van der Waals surface area contributed by atoms with Crippen molar-refractivity contribution in [3.8, 4) is 5.75 Å². The molecule has 0 aliphatic heterocycles. The number of hydrogen-bond acceptors (Lipinski definition) is 3. The van der Waals surface area contributed by atoms with E-state index in [0.717, 1.165) is 22.5 Å². The number of carbonyl (C=O) groups is 1. The number of halogens is 1. The van der Waals surface area contributed by atoms with Gasteiger partial charge in [-0.2, -0.15) is 0 Å². The van der Waals surface area contributed by atoms with Gasteiger partial charge in [0.05, 0.1) is 18.1 Å². The average molecular weight is 366 g/mol. The van der Waals surface area contributed by atoms with Gasteiger partial charge in [0, 0.05) is 30.9 Å². The Morgan fingerprint density at radius 2 is 2.00 bits per heavy atom. The first-order valence-electron chi connectivity index (χ1n) is 8.60. The summed E-state index contributed by atoms with van der Waals surface area (Å²) in [6, 6.07) is 11.9. The summed E-state index contributed by atoms with van der Waals surface area (Å²) in [5.74, 6) is 1.06. The van der Waals surface area contributed by atoms with Crippen LogP contribution in [0.5, 0.6) is 5.75 Å². The lowest BCUT2D eigenvalue weighted by molar-refractivity contribution is 0.0791. The Kier molecular flexibility index (Phi) is 4.27. The van der Waals surface area contributed by atoms with E-state index in [0.29, 0.717) is 29.7 Å². The largest absolute Gasteiger partial charge is 0.497 e. The normalized spacial score (nSPS) is 11.2. The lowest BCUT2D eigenvalue weighted by Gasteiger charge is -2.15. The third-order valence-corrected chi connectivity index (χ3v) is 4.58. The molecule has 2 N–H and O–H groups in total. The van der Waals surface area contributed by atoms with Crippen molar-refractivity contribution in [2.75, 3.05) is 20.7 Å². The van der Waals surface area contributed by atoms with Crippen LogP contribution < -0.4 is 4.74 Å². The molecule has 6 nitrogen and oxygen atoms in total. The Morgan fingerprint density at radius 1 is 1.15 bits per heavy atom. The summed E-state index contributed by atoms with van der Waals surface area (Å²) in [7, 11) is 3.36. The standard InChI is InChI=1S/C20H19FN4O2/c1-25(8-7-19-23-16-5-3-13(21)11-17(16)24-19)20(26)18-10-12-9-14(27-2)4-6-15(12)22-18/h3-6,9-11,22H,7-8H2,1-2H3,(H,23,24). The number of hydrogen-bond donors (Lipinski definition) is 2. The van der Waals surface area contributed by atoms with Crippen LogP contribution in [0.3, 0.4) is 0 Å². The van der Waals surface area contributed by atoms with Crippen LogP contribution in [0.2, 0.25) is 0 Å². The number of methoxy groups -OCH3 is 1. The van der Waals surface area contributed by atoms with E-state index in [1.165, 1.54) is 12.1 Å². The van der Waals surface area contributed by atoms with Crippen molar-refractivity contribution in [2.24, 2.45) is 0 Å². The number of likely N-dealkylation sites (N-methyl/N-ethyl adjacent to an activating group) is 1. The van der Waals surface area contributed by atoms with Crippen molar-refractivity contribution in [2.45, 2.75) is 6.42 Å². The van der Waals surface area contributed by atoms with E-state index in [9.17, 15) is 9.18 Å². The Hall–Kier alpha value is -3.35. The number of fused-ring (bicyclic) bond motifs is 2. The number of carbonyl (C=O) groups excluding carboxylic acids is 1. The van der Waals surface area contributed by atoms with Gasteiger partial charge in [-0.05, 0) is 42.5 Å². The van der Waals surface area contributed by atoms with Crippen molar-refractivity contribution in [1.82, 2.24) is 19.9 Å². The fourth-order valence-corrected chi connectivity index (χ4v) is 3.09. The summed E-state index contributed by atoms with van der Waals surface area (Å²) in [4.78, 5) is 25.0. The van der Waals surface area contributed by atoms with Gasteiger partial charge in [-0.3, -0.25) is 4.79 Å². The van der Waals surface area contributed by atoms with Crippen LogP contribution in [-0.4, -0.2) is 46.5 Å². The molecule has 2 aromatic heterocycles. The van der Waals surface area contributed by atoms with E-state index in [-0.39, 0.29) is 11.7 Å². The summed E-state index contributed by atoms with van der Waals surface area (Å²) in [5, 5.41) is 0.922. The number of ether oxygens (including phenoxy) is 1. The average Bonchev–Trinajstić information content (AvgIpc) is 3.27. The Balaban J connectivity index is 1.46. The van der Waals surface area contributed by atoms with Crippen LogP contribution in [0.25, 0.3) is 21.9 Å². The molecule has 0 unspecified atom stereocenters. The second kappa shape index (κ2) is 6.75. The van der Waals surface area contributed by atoms with Crippen molar-refractivity contribution in [1.29, 1.82) is 0 Å². The highest BCUT2D eigenvalue weighted by atomic mass is 19.1. The Morgan fingerprint density at radius 3 is 2.81 bits per heavy atom. The molecule has 4 rings (SSSR count). The van der Waals surface area contributed by atoms with Gasteiger partial charge in [0.2, 0.25) is 0 Å². The third-order valence-electron chi connectivity index (χ3n) is 4.58. The quantitative estimate of drug-likeness (QED) is 0.568. The first-order valence-corrected chi connectivity index (χ1v) is 8.60. The number of nitrogens with zero attached hydrogens (tertiary/aromatic N) is 2. The van der Waals surface area contributed by atoms with Gasteiger partial charge in [0.15, 0.2) is 0 Å². The van der Waals surface area contributed by atoms with Gasteiger partial charge < -0.3 is 19.6 Å². The number of benzene rings is 2. The SMILES string of the molecule is COc1ccc2[nH]c(C(=O)N(C)CCc3nc4ccc(F)cc4[nH]3)cc2c1. The molecule has 2 heterocycles. The van der Waals surface area contributed by atoms with E-state index in [2.05, 4.69) is 15.0 Å². The van der Waals surface area contributed by atoms with Crippen LogP contribution in [0.15, 0.2) is 42.5 Å². The fraction of sp³-hybridized carbons (Fsp3) is 0.200. The van der Waals surface area contributed by atoms with Crippen molar-refractivity contribution in [3.63, 3.8) is 0 Å². The van der Waals surface area contributed by atoms with Gasteiger partial charge in [-0.25, -0.2) is 9.37 Å². The smallest absolute Gasteiger partial charge is 0.270 e. The highest BCUT2D eigenvalue weighted by Gasteiger charge is 2.15. The molecule has 2 aromatic carbocycles. The number of aromatic amines is 2. The molecule has 0 saturated heterocycles. The van der Waals surface area contributed by atoms with Crippen molar-refractivity contribution in [3.05, 3.63) is 59.8 Å². The number of imidazole rings is 1. The van der Waals surface area contributed by atoms with E-state index >= 15 is 0 Å². The number of nitrogens with one attached hydrogen (secondary N) is 2. The summed E-state index contributed by atoms with van der Waals surface area (Å²) >= 11 is 0. The molecule has 138 valence electrons. The number of aromatic nitrogens is 3. The van der Waals surface area contributed by atoms with Crippen molar-refractivity contribution >= 4 is 27.8 Å². The highest BCUT2D eigenvalue weighted by molar-refractivity contribution is 5.98. The first-order chi connectivity index (χ1) is 13.0. The summed E-state index contributed by atoms with van der Waals surface area (Å²) in [6.07, 6.45) is 0.548. The molecule has 0 bridgehead atoms. The molecular weight excluding hydrogens is 347 g/mol. The zero-order valence-corrected chi connectivity index (χ0v) is 15.0. The molecule has 0 saturated carbocycles. The molecule has 0 atom stereocenters. The minimum Gasteiger partial charge on any atom is -0.497 e. The van der Waals surface area contributed by atoms with Crippen LogP contribution in [0.4, 0.5) is 4.39 Å². The maximum absolute atomic E-state index is 13.3. The number of amides is 1. The second-order valence-electron chi connectivity index (χ2n) is 6.46. The summed E-state index contributed by atoms with van der Waals surface area (Å²) < 4.78 is 18.5. The maximum Gasteiger partial charge on any atom is 0.270 e. The number of rotatable bonds is 5. The zero-order chi connectivity index (χ0) is 19.0. The molecular formula is C20H19FN4O2. The highest BCUT2D eigenvalue weighted by Crippen LogP contribution is 2.22. The Labute approximate surface area is 155 Å². The van der Waals surface area contributed by atoms with Gasteiger partial charge in [-0.15, -0.1) is 0 Å². The van der Waals surface area contributed by atoms with Crippen LogP contribution >= 0.6 is 0 Å². The second-order valence-corrected chi connectivity index (χ2v) is 6.46. The lowest BCUT2D eigenvalue weighted by atomic mass is 10.2. The molecule has 1 amide bonds. The maximum atomic E-state index is 13.3. The minimum atomic E-state index is -0.305. The fourth-order valence-electron chi connectivity index (χ4n) is 3.09. The van der Waals surface area contributed by atoms with Gasteiger partial charge >= 0.3 is 0 Å². The summed E-state index contributed by atoms with van der Waals surface area (Å²) in [6.45, 7) is 0.486. The van der Waals surface area contributed by atoms with Gasteiger partial charge in [-0.1, -0.05) is 0 Å². The van der Waals surface area contributed by atoms with Gasteiger partial charge in [0.1, 0.15) is 23.1 Å². The molecule has 0 radical (unpaired) electrons. The van der Waals surface area contributed by atoms with Gasteiger partial charge in [0.25, 0.3) is 5.91 Å². The third kappa shape index (κ3) is 3.36. The lowest BCUT2D eigenvalue weighted by Crippen LogP contribution is -2.29. The molecule has 0 aliphatic rings. The van der Waals surface area contributed by atoms with E-state index in [1.807, 2.05) is 24.3 Å². The Bertz CT molecular complexity index is 1130. The van der Waals surface area contributed by atoms with E-state index < -0.39 is 0 Å². The predicted molar refractivity (Wildman–Crippen MR) is 102 cm³/mol. The van der Waals surface area contributed by atoms with E-state index in [1.54, 1.807) is 25.1 Å². The molecule has 27 heavy (non-hydrogen) atoms. The first kappa shape index (κ1) is 17.1. The summed E-state index contributed by atoms with van der Waals surface area (Å²) in [5.41, 5.74) is 2.77. The van der Waals surface area contributed by atoms with E-state index in [4.69, 9.17) is 4.74 Å². The van der Waals surface area contributed by atoms with Crippen molar-refractivity contribution < 1.29 is 13.9 Å². The monoisotopic (exact) mass is 366 g/mol. The molecule has 4 aromatic rings. The molecule has 0 spiro atoms. The molecule has 0 aliphatic carbocycles. The molecule has 7 heteroatoms. The van der Waals surface area contributed by atoms with Crippen LogP contribution in [-0.2, 0) is 6.42 Å². The zero-order valence-electron chi connectivity index (χ0n) is 15.0. The number of H-pyrrole nitrogens is 2. The topological polar surface area (TPSA) is 74.0 Å². The van der Waals surface area contributed by atoms with Crippen LogP contribution in [0, 0.1) is 5.82 Å². The molecule has 0 fully saturated rings. The minimum absolute atomic E-state index is 0.104.